The van der Waals surface area contributed by atoms with Crippen molar-refractivity contribution in [3.8, 4) is 0 Å². The van der Waals surface area contributed by atoms with Crippen LogP contribution >= 0.6 is 0 Å². The van der Waals surface area contributed by atoms with E-state index in [1.54, 1.807) is 0 Å². The molecule has 33 heavy (non-hydrogen) atoms. The van der Waals surface area contributed by atoms with E-state index in [0.29, 0.717) is 35.6 Å². The average Bonchev–Trinajstić information content (AvgIpc) is 3.43. The van der Waals surface area contributed by atoms with Gasteiger partial charge in [-0.3, -0.25) is 4.79 Å². The Kier molecular flexibility index (Phi) is 8.07. The highest BCUT2D eigenvalue weighted by Crippen LogP contribution is 2.42. The third-order valence-electron chi connectivity index (χ3n) is 9.66. The van der Waals surface area contributed by atoms with Crippen LogP contribution in [-0.4, -0.2) is 36.5 Å². The second-order valence-electron chi connectivity index (χ2n) is 11.8. The van der Waals surface area contributed by atoms with Crippen LogP contribution in [0.3, 0.4) is 0 Å². The van der Waals surface area contributed by atoms with Gasteiger partial charge in [0.25, 0.3) is 0 Å². The van der Waals surface area contributed by atoms with E-state index in [9.17, 15) is 4.79 Å². The molecule has 1 N–H and O–H groups in total. The number of nitrogens with zero attached hydrogens (tertiary/aromatic N) is 1. The molecule has 3 atom stereocenters. The predicted molar refractivity (Wildman–Crippen MR) is 136 cm³/mol. The first-order valence-corrected chi connectivity index (χ1v) is 14.3. The van der Waals surface area contributed by atoms with Crippen molar-refractivity contribution >= 4 is 5.91 Å². The van der Waals surface area contributed by atoms with Crippen molar-refractivity contribution in [1.82, 2.24) is 10.2 Å². The topological polar surface area (TPSA) is 32.3 Å². The van der Waals surface area contributed by atoms with Gasteiger partial charge in [0.1, 0.15) is 0 Å². The number of nitrogens with one attached hydrogen (secondary N) is 1. The Hall–Kier alpha value is -1.35. The molecule has 0 aromatic heterocycles. The maximum absolute atomic E-state index is 13.8. The molecule has 0 radical (unpaired) electrons. The molecule has 0 unspecified atom stereocenters. The molecule has 4 fully saturated rings. The molecule has 3 heteroatoms. The second kappa shape index (κ2) is 11.4. The Morgan fingerprint density at radius 1 is 0.848 bits per heavy atom. The Bertz CT molecular complexity index is 719. The van der Waals surface area contributed by atoms with Gasteiger partial charge in [-0.15, -0.1) is 0 Å². The van der Waals surface area contributed by atoms with Crippen molar-refractivity contribution < 1.29 is 4.79 Å². The van der Waals surface area contributed by atoms with Crippen LogP contribution in [0.25, 0.3) is 0 Å². The summed E-state index contributed by atoms with van der Waals surface area (Å²) < 4.78 is 0. The van der Waals surface area contributed by atoms with Crippen LogP contribution < -0.4 is 5.32 Å². The minimum atomic E-state index is 0.299. The lowest BCUT2D eigenvalue weighted by Gasteiger charge is -2.37. The van der Waals surface area contributed by atoms with Crippen molar-refractivity contribution in [3.05, 3.63) is 35.9 Å². The van der Waals surface area contributed by atoms with Gasteiger partial charge in [-0.05, 0) is 87.1 Å². The summed E-state index contributed by atoms with van der Waals surface area (Å²) in [6, 6.07) is 11.3. The summed E-state index contributed by atoms with van der Waals surface area (Å²) in [5, 5.41) is 3.68. The van der Waals surface area contributed by atoms with Gasteiger partial charge in [-0.1, -0.05) is 68.9 Å². The third-order valence-corrected chi connectivity index (χ3v) is 9.66. The fraction of sp³-hybridized carbons (Fsp3) is 0.767. The summed E-state index contributed by atoms with van der Waals surface area (Å²) in [7, 11) is 0. The largest absolute Gasteiger partial charge is 0.353 e. The van der Waals surface area contributed by atoms with Gasteiger partial charge in [0.05, 0.1) is 0 Å². The summed E-state index contributed by atoms with van der Waals surface area (Å²) in [6.07, 6.45) is 18.2. The highest BCUT2D eigenvalue weighted by atomic mass is 16.2. The Morgan fingerprint density at radius 3 is 2.18 bits per heavy atom. The molecule has 3 aliphatic carbocycles. The normalized spacial score (nSPS) is 29.4. The molecular weight excluding hydrogens is 404 g/mol. The number of aryl methyl sites for hydroxylation is 1. The fourth-order valence-electron chi connectivity index (χ4n) is 7.95. The predicted octanol–water partition coefficient (Wildman–Crippen LogP) is 6.22. The summed E-state index contributed by atoms with van der Waals surface area (Å²) >= 11 is 0. The number of rotatable bonds is 8. The number of hydrogen-bond donors (Lipinski definition) is 1. The van der Waals surface area contributed by atoms with E-state index in [0.717, 1.165) is 5.92 Å². The van der Waals surface area contributed by atoms with Crippen LogP contribution in [0.5, 0.6) is 0 Å². The van der Waals surface area contributed by atoms with E-state index in [-0.39, 0.29) is 0 Å². The van der Waals surface area contributed by atoms with Crippen LogP contribution in [0.2, 0.25) is 0 Å². The van der Waals surface area contributed by atoms with Crippen LogP contribution in [0.1, 0.15) is 89.0 Å². The van der Waals surface area contributed by atoms with Crippen molar-refractivity contribution in [2.24, 2.45) is 29.6 Å². The zero-order valence-electron chi connectivity index (χ0n) is 20.7. The molecule has 5 rings (SSSR count). The van der Waals surface area contributed by atoms with Crippen LogP contribution in [0.4, 0.5) is 0 Å². The lowest BCUT2D eigenvalue weighted by Crippen LogP contribution is -2.47. The molecule has 1 saturated heterocycles. The van der Waals surface area contributed by atoms with Gasteiger partial charge in [-0.25, -0.2) is 0 Å². The zero-order chi connectivity index (χ0) is 22.5. The Balaban J connectivity index is 1.15. The molecule has 3 saturated carbocycles. The molecule has 3 nitrogen and oxygen atoms in total. The first kappa shape index (κ1) is 23.4. The number of carbonyl (C=O) groups is 1. The smallest absolute Gasteiger partial charge is 0.223 e. The van der Waals surface area contributed by atoms with E-state index in [4.69, 9.17) is 0 Å². The van der Waals surface area contributed by atoms with Gasteiger partial charge in [0.15, 0.2) is 0 Å². The molecule has 4 aliphatic rings. The van der Waals surface area contributed by atoms with Crippen molar-refractivity contribution in [2.45, 2.75) is 95.9 Å². The number of amides is 1. The van der Waals surface area contributed by atoms with Gasteiger partial charge in [0.2, 0.25) is 5.91 Å². The number of carbonyl (C=O) groups excluding carboxylic acids is 1. The van der Waals surface area contributed by atoms with E-state index >= 15 is 0 Å². The van der Waals surface area contributed by atoms with E-state index in [1.165, 1.54) is 115 Å². The lowest BCUT2D eigenvalue weighted by molar-refractivity contribution is -0.131. The number of hydrogen-bond acceptors (Lipinski definition) is 2. The van der Waals surface area contributed by atoms with Gasteiger partial charge in [0, 0.05) is 25.0 Å². The van der Waals surface area contributed by atoms with Gasteiger partial charge in [-0.2, -0.15) is 0 Å². The van der Waals surface area contributed by atoms with Crippen molar-refractivity contribution in [1.29, 1.82) is 0 Å². The Morgan fingerprint density at radius 2 is 1.52 bits per heavy atom. The SMILES string of the molecule is O=C(N[C@H]1CC[C@H]2CN(CCCc3ccccc3)C[C@H]21)C(C1CCCCC1)C1CCCCC1. The first-order chi connectivity index (χ1) is 16.3. The molecule has 1 aromatic rings. The molecule has 1 aliphatic heterocycles. The van der Waals surface area contributed by atoms with Crippen molar-refractivity contribution in [2.75, 3.05) is 19.6 Å². The minimum absolute atomic E-state index is 0.299. The van der Waals surface area contributed by atoms with Crippen LogP contribution in [0, 0.1) is 29.6 Å². The number of likely N-dealkylation sites (tertiary alicyclic amines) is 1. The molecular formula is C30H46N2O. The molecule has 182 valence electrons. The fourth-order valence-corrected chi connectivity index (χ4v) is 7.95. The number of benzene rings is 1. The number of fused-ring (bicyclic) bond motifs is 1. The van der Waals surface area contributed by atoms with E-state index in [2.05, 4.69) is 40.5 Å². The monoisotopic (exact) mass is 450 g/mol. The highest BCUT2D eigenvalue weighted by molar-refractivity contribution is 5.79. The molecule has 1 amide bonds. The average molecular weight is 451 g/mol. The quantitative estimate of drug-likeness (QED) is 0.510. The molecule has 0 bridgehead atoms. The van der Waals surface area contributed by atoms with Crippen LogP contribution in [0.15, 0.2) is 30.3 Å². The highest BCUT2D eigenvalue weighted by Gasteiger charge is 2.44. The second-order valence-corrected chi connectivity index (χ2v) is 11.8. The molecule has 0 spiro atoms. The zero-order valence-corrected chi connectivity index (χ0v) is 20.7. The van der Waals surface area contributed by atoms with Crippen LogP contribution in [-0.2, 0) is 11.2 Å². The summed E-state index contributed by atoms with van der Waals surface area (Å²) in [5.41, 5.74) is 1.46. The maximum atomic E-state index is 13.8. The van der Waals surface area contributed by atoms with E-state index < -0.39 is 0 Å². The maximum Gasteiger partial charge on any atom is 0.223 e. The third kappa shape index (κ3) is 5.84. The van der Waals surface area contributed by atoms with Gasteiger partial charge < -0.3 is 10.2 Å². The first-order valence-electron chi connectivity index (χ1n) is 14.3. The molecule has 1 aromatic carbocycles. The lowest BCUT2D eigenvalue weighted by atomic mass is 9.69. The summed E-state index contributed by atoms with van der Waals surface area (Å²) in [6.45, 7) is 3.65. The van der Waals surface area contributed by atoms with Gasteiger partial charge >= 0.3 is 0 Å². The van der Waals surface area contributed by atoms with Crippen molar-refractivity contribution in [3.63, 3.8) is 0 Å². The molecule has 1 heterocycles. The summed E-state index contributed by atoms with van der Waals surface area (Å²) in [4.78, 5) is 16.5. The minimum Gasteiger partial charge on any atom is -0.353 e. The van der Waals surface area contributed by atoms with E-state index in [1.807, 2.05) is 0 Å². The Labute approximate surface area is 202 Å². The summed E-state index contributed by atoms with van der Waals surface area (Å²) in [5.74, 6) is 3.53. The standard InChI is InChI=1S/C30H46N2O/c33-30(29(24-14-6-2-7-15-24)25-16-8-3-9-17-25)31-28-19-18-26-21-32(22-27(26)28)20-10-13-23-11-4-1-5-12-23/h1,4-5,11-12,24-29H,2-3,6-10,13-22H2,(H,31,33)/t26-,27+,28-/m0/s1.